The van der Waals surface area contributed by atoms with Crippen LogP contribution in [0.1, 0.15) is 27.7 Å². The molecule has 0 atom stereocenters. The van der Waals surface area contributed by atoms with E-state index in [0.717, 1.165) is 17.0 Å². The quantitative estimate of drug-likeness (QED) is 0.552. The van der Waals surface area contributed by atoms with Gasteiger partial charge in [0.25, 0.3) is 0 Å². The Balaban J connectivity index is 0. The lowest BCUT2D eigenvalue weighted by molar-refractivity contribution is 0.950. The highest BCUT2D eigenvalue weighted by atomic mass is 15.0. The lowest BCUT2D eigenvalue weighted by atomic mass is 10.1. The number of nitrogens with one attached hydrogen (secondary N) is 1. The van der Waals surface area contributed by atoms with Crippen LogP contribution >= 0.6 is 0 Å². The maximum absolute atomic E-state index is 4.21. The lowest BCUT2D eigenvalue weighted by Gasteiger charge is -2.07. The van der Waals surface area contributed by atoms with Crippen molar-refractivity contribution in [2.75, 3.05) is 7.05 Å². The van der Waals surface area contributed by atoms with E-state index in [0.29, 0.717) is 0 Å². The fourth-order valence-electron chi connectivity index (χ4n) is 0.985. The summed E-state index contributed by atoms with van der Waals surface area (Å²) in [7, 11) is 1.84. The average Bonchev–Trinajstić information content (AvgIpc) is 2.30. The van der Waals surface area contributed by atoms with E-state index in [1.165, 1.54) is 0 Å². The Morgan fingerprint density at radius 2 is 1.88 bits per heavy atom. The number of nitrogens with zero attached hydrogens (tertiary/aromatic N) is 1. The van der Waals surface area contributed by atoms with E-state index < -0.39 is 0 Å². The summed E-state index contributed by atoms with van der Waals surface area (Å²) in [5.41, 5.74) is 1.96. The second-order valence-electron chi connectivity index (χ2n) is 2.77. The molecule has 0 saturated carbocycles. The minimum Gasteiger partial charge on any atom is -0.373 e. The number of aliphatic imine (C=N–C) groups is 1. The first-order chi connectivity index (χ1) is 7.67. The van der Waals surface area contributed by atoms with Crippen LogP contribution in [0.4, 0.5) is 0 Å². The van der Waals surface area contributed by atoms with Crippen LogP contribution in [0.15, 0.2) is 53.3 Å². The predicted octanol–water partition coefficient (Wildman–Crippen LogP) is 3.85. The fourth-order valence-corrected chi connectivity index (χ4v) is 0.985. The highest BCUT2D eigenvalue weighted by molar-refractivity contribution is 5.56. The SMILES string of the molecule is C=C\C=C/C(C(=C)C)=C(/N=C\C)NC.CC. The maximum Gasteiger partial charge on any atom is 0.132 e. The lowest BCUT2D eigenvalue weighted by Crippen LogP contribution is -2.07. The smallest absolute Gasteiger partial charge is 0.132 e. The summed E-state index contributed by atoms with van der Waals surface area (Å²) in [5.74, 6) is 0.818. The summed E-state index contributed by atoms with van der Waals surface area (Å²) in [6.45, 7) is 15.4. The molecule has 0 bridgehead atoms. The minimum absolute atomic E-state index is 0.818. The van der Waals surface area contributed by atoms with Crippen LogP contribution in [0.3, 0.4) is 0 Å². The Hall–Kier alpha value is -1.57. The van der Waals surface area contributed by atoms with E-state index in [-0.39, 0.29) is 0 Å². The van der Waals surface area contributed by atoms with Crippen LogP contribution < -0.4 is 5.32 Å². The zero-order chi connectivity index (χ0) is 13.0. The molecule has 0 amide bonds. The van der Waals surface area contributed by atoms with Gasteiger partial charge in [-0.15, -0.1) is 0 Å². The summed E-state index contributed by atoms with van der Waals surface area (Å²) in [6.07, 6.45) is 7.28. The van der Waals surface area contributed by atoms with E-state index in [1.807, 2.05) is 46.9 Å². The first-order valence-corrected chi connectivity index (χ1v) is 5.53. The van der Waals surface area contributed by atoms with Crippen LogP contribution in [0.5, 0.6) is 0 Å². The summed E-state index contributed by atoms with van der Waals surface area (Å²) in [5, 5.41) is 3.03. The largest absolute Gasteiger partial charge is 0.373 e. The van der Waals surface area contributed by atoms with Crippen LogP contribution in [0.25, 0.3) is 0 Å². The van der Waals surface area contributed by atoms with E-state index in [4.69, 9.17) is 0 Å². The van der Waals surface area contributed by atoms with Crippen LogP contribution in [0.2, 0.25) is 0 Å². The fraction of sp³-hybridized carbons (Fsp3) is 0.357. The van der Waals surface area contributed by atoms with Crippen molar-refractivity contribution in [3.8, 4) is 0 Å². The standard InChI is InChI=1S/C12H18N2.C2H6/c1-6-8-9-11(10(3)4)12(13-5)14-7-2;1-2/h6-9,13H,1,3H2,2,4-5H3;1-2H3/b9-8-,12-11-,14-7-;. The first kappa shape index (κ1) is 16.8. The van der Waals surface area contributed by atoms with Gasteiger partial charge >= 0.3 is 0 Å². The number of rotatable bonds is 5. The molecule has 0 aromatic carbocycles. The van der Waals surface area contributed by atoms with E-state index in [9.17, 15) is 0 Å². The summed E-state index contributed by atoms with van der Waals surface area (Å²) in [4.78, 5) is 4.21. The molecule has 0 aliphatic heterocycles. The van der Waals surface area contributed by atoms with Crippen molar-refractivity contribution in [1.82, 2.24) is 5.32 Å². The van der Waals surface area contributed by atoms with Crippen LogP contribution in [-0.4, -0.2) is 13.3 Å². The molecule has 0 rings (SSSR count). The van der Waals surface area contributed by atoms with Gasteiger partial charge < -0.3 is 5.32 Å². The van der Waals surface area contributed by atoms with Crippen molar-refractivity contribution >= 4 is 6.21 Å². The van der Waals surface area contributed by atoms with Crippen molar-refractivity contribution in [3.05, 3.63) is 48.4 Å². The molecule has 16 heavy (non-hydrogen) atoms. The molecule has 0 aliphatic rings. The van der Waals surface area contributed by atoms with Gasteiger partial charge in [0, 0.05) is 18.8 Å². The molecule has 0 aromatic heterocycles. The van der Waals surface area contributed by atoms with E-state index in [2.05, 4.69) is 23.5 Å². The molecule has 0 aromatic rings. The van der Waals surface area contributed by atoms with Crippen molar-refractivity contribution < 1.29 is 0 Å². The summed E-state index contributed by atoms with van der Waals surface area (Å²) < 4.78 is 0. The average molecular weight is 220 g/mol. The van der Waals surface area contributed by atoms with Gasteiger partial charge in [0.05, 0.1) is 0 Å². The number of hydrogen-bond donors (Lipinski definition) is 1. The zero-order valence-corrected chi connectivity index (χ0v) is 11.2. The topological polar surface area (TPSA) is 24.4 Å². The van der Waals surface area contributed by atoms with Crippen LogP contribution in [-0.2, 0) is 0 Å². The summed E-state index contributed by atoms with van der Waals surface area (Å²) in [6, 6.07) is 0. The van der Waals surface area contributed by atoms with Crippen molar-refractivity contribution in [2.24, 2.45) is 4.99 Å². The van der Waals surface area contributed by atoms with Gasteiger partial charge in [0.1, 0.15) is 5.82 Å². The molecule has 0 unspecified atom stereocenters. The molecule has 90 valence electrons. The molecule has 1 N–H and O–H groups in total. The first-order valence-electron chi connectivity index (χ1n) is 5.53. The highest BCUT2D eigenvalue weighted by Crippen LogP contribution is 2.13. The third-order valence-electron chi connectivity index (χ3n) is 1.61. The van der Waals surface area contributed by atoms with Crippen molar-refractivity contribution in [2.45, 2.75) is 27.7 Å². The second-order valence-corrected chi connectivity index (χ2v) is 2.77. The van der Waals surface area contributed by atoms with Gasteiger partial charge in [-0.05, 0) is 19.4 Å². The number of hydrogen-bond acceptors (Lipinski definition) is 2. The van der Waals surface area contributed by atoms with Gasteiger partial charge in [-0.25, -0.2) is 4.99 Å². The third-order valence-corrected chi connectivity index (χ3v) is 1.61. The summed E-state index contributed by atoms with van der Waals surface area (Å²) >= 11 is 0. The Labute approximate surface area is 100 Å². The molecular formula is C14H24N2. The highest BCUT2D eigenvalue weighted by Gasteiger charge is 2.00. The molecule has 0 aliphatic carbocycles. The molecule has 2 heteroatoms. The van der Waals surface area contributed by atoms with Gasteiger partial charge in [-0.2, -0.15) is 0 Å². The molecular weight excluding hydrogens is 196 g/mol. The Kier molecular flexibility index (Phi) is 12.1. The Morgan fingerprint density at radius 1 is 1.31 bits per heavy atom. The maximum atomic E-state index is 4.21. The molecule has 0 saturated heterocycles. The Morgan fingerprint density at radius 3 is 2.19 bits per heavy atom. The molecule has 0 radical (unpaired) electrons. The van der Waals surface area contributed by atoms with Gasteiger partial charge in [0.2, 0.25) is 0 Å². The molecule has 2 nitrogen and oxygen atoms in total. The van der Waals surface area contributed by atoms with Crippen molar-refractivity contribution in [3.63, 3.8) is 0 Å². The molecule has 0 heterocycles. The zero-order valence-electron chi connectivity index (χ0n) is 11.2. The predicted molar refractivity (Wildman–Crippen MR) is 75.8 cm³/mol. The van der Waals surface area contributed by atoms with Crippen molar-refractivity contribution in [1.29, 1.82) is 0 Å². The normalized spacial score (nSPS) is 11.8. The second kappa shape index (κ2) is 11.5. The van der Waals surface area contributed by atoms with Gasteiger partial charge in [0.15, 0.2) is 0 Å². The van der Waals surface area contributed by atoms with Gasteiger partial charge in [-0.1, -0.05) is 45.2 Å². The monoisotopic (exact) mass is 220 g/mol. The van der Waals surface area contributed by atoms with Crippen LogP contribution in [0, 0.1) is 0 Å². The Bertz CT molecular complexity index is 294. The minimum atomic E-state index is 0.818. The third kappa shape index (κ3) is 6.82. The van der Waals surface area contributed by atoms with E-state index in [1.54, 1.807) is 12.3 Å². The molecule has 0 spiro atoms. The van der Waals surface area contributed by atoms with Gasteiger partial charge in [-0.3, -0.25) is 0 Å². The molecule has 0 fully saturated rings. The number of allylic oxidation sites excluding steroid dienone is 5. The van der Waals surface area contributed by atoms with E-state index >= 15 is 0 Å².